The molecule has 1 saturated heterocycles. The van der Waals surface area contributed by atoms with Gasteiger partial charge >= 0.3 is 6.18 Å². The second-order valence-corrected chi connectivity index (χ2v) is 11.8. The van der Waals surface area contributed by atoms with Crippen LogP contribution in [-0.2, 0) is 27.0 Å². The number of thiocarbonyl (C=S) groups is 1. The fourth-order valence-corrected chi connectivity index (χ4v) is 6.52. The summed E-state index contributed by atoms with van der Waals surface area (Å²) < 4.78 is 74.1. The lowest BCUT2D eigenvalue weighted by molar-refractivity contribution is -0.258. The SMILES string of the molecule is C[C@@](O)(c1ccc(N2CCN(S(=O)(=O)C3=CC=CCC3=S)C[C@H]2COCc2ccccc2)cc1)C(F)(F)F. The van der Waals surface area contributed by atoms with Gasteiger partial charge in [0.25, 0.3) is 0 Å². The van der Waals surface area contributed by atoms with Crippen molar-refractivity contribution in [1.82, 2.24) is 4.31 Å². The van der Waals surface area contributed by atoms with Crippen molar-refractivity contribution in [2.24, 2.45) is 0 Å². The van der Waals surface area contributed by atoms with Gasteiger partial charge < -0.3 is 14.7 Å². The van der Waals surface area contributed by atoms with Gasteiger partial charge in [-0.3, -0.25) is 0 Å². The molecule has 1 aliphatic carbocycles. The van der Waals surface area contributed by atoms with Crippen molar-refractivity contribution < 1.29 is 31.4 Å². The average molecular weight is 567 g/mol. The van der Waals surface area contributed by atoms with Crippen LogP contribution in [0.4, 0.5) is 18.9 Å². The Kier molecular flexibility index (Phi) is 8.43. The highest BCUT2D eigenvalue weighted by atomic mass is 32.2. The third-order valence-corrected chi connectivity index (χ3v) is 9.23. The predicted octanol–water partition coefficient (Wildman–Crippen LogP) is 4.71. The minimum Gasteiger partial charge on any atom is -0.376 e. The summed E-state index contributed by atoms with van der Waals surface area (Å²) in [5, 5.41) is 10.0. The van der Waals surface area contributed by atoms with E-state index in [1.165, 1.54) is 34.6 Å². The molecule has 204 valence electrons. The number of ether oxygens (including phenoxy) is 1. The van der Waals surface area contributed by atoms with Crippen LogP contribution in [0.5, 0.6) is 0 Å². The minimum atomic E-state index is -4.83. The van der Waals surface area contributed by atoms with Gasteiger partial charge in [0.2, 0.25) is 10.0 Å². The summed E-state index contributed by atoms with van der Waals surface area (Å²) in [6, 6.07) is 14.6. The molecule has 11 heteroatoms. The standard InChI is InChI=1S/C27H29F3N2O4S2/c1-26(33,27(28,29)30)21-11-13-22(14-12-21)32-16-15-31(38(34,35)25-10-6-5-9-24(25)37)17-23(32)19-36-18-20-7-3-2-4-8-20/h2-8,10-14,23,33H,9,15-19H2,1H3/t23-,26+/m0/s1. The molecule has 6 nitrogen and oxygen atoms in total. The average Bonchev–Trinajstić information content (AvgIpc) is 2.89. The molecule has 0 bridgehead atoms. The van der Waals surface area contributed by atoms with Gasteiger partial charge in [0, 0.05) is 36.6 Å². The lowest BCUT2D eigenvalue weighted by Crippen LogP contribution is -2.57. The number of nitrogens with zero attached hydrogens (tertiary/aromatic N) is 2. The highest BCUT2D eigenvalue weighted by Crippen LogP contribution is 2.39. The van der Waals surface area contributed by atoms with Crippen LogP contribution >= 0.6 is 12.2 Å². The van der Waals surface area contributed by atoms with Gasteiger partial charge in [-0.1, -0.05) is 66.8 Å². The molecule has 1 N–H and O–H groups in total. The summed E-state index contributed by atoms with van der Waals surface area (Å²) in [4.78, 5) is 2.40. The molecule has 0 aromatic heterocycles. The number of benzene rings is 2. The summed E-state index contributed by atoms with van der Waals surface area (Å²) in [6.45, 7) is 1.80. The Morgan fingerprint density at radius 3 is 2.39 bits per heavy atom. The molecular weight excluding hydrogens is 537 g/mol. The molecule has 2 atom stereocenters. The smallest absolute Gasteiger partial charge is 0.376 e. The number of aliphatic hydroxyl groups is 1. The van der Waals surface area contributed by atoms with Crippen LogP contribution in [-0.4, -0.2) is 61.2 Å². The molecule has 38 heavy (non-hydrogen) atoms. The van der Waals surface area contributed by atoms with Gasteiger partial charge in [-0.2, -0.15) is 17.5 Å². The zero-order valence-electron chi connectivity index (χ0n) is 20.8. The molecule has 2 aliphatic rings. The Morgan fingerprint density at radius 1 is 1.08 bits per heavy atom. The second-order valence-electron chi connectivity index (χ2n) is 9.41. The molecule has 0 saturated carbocycles. The number of rotatable bonds is 8. The molecule has 0 radical (unpaired) electrons. The van der Waals surface area contributed by atoms with E-state index in [-0.39, 0.29) is 30.2 Å². The van der Waals surface area contributed by atoms with Gasteiger partial charge in [-0.25, -0.2) is 8.42 Å². The monoisotopic (exact) mass is 566 g/mol. The molecule has 0 amide bonds. The van der Waals surface area contributed by atoms with Crippen molar-refractivity contribution >= 4 is 32.8 Å². The van der Waals surface area contributed by atoms with E-state index in [0.29, 0.717) is 37.0 Å². The zero-order valence-corrected chi connectivity index (χ0v) is 22.4. The lowest BCUT2D eigenvalue weighted by atomic mass is 9.95. The van der Waals surface area contributed by atoms with Crippen LogP contribution in [0.25, 0.3) is 0 Å². The highest BCUT2D eigenvalue weighted by Gasteiger charge is 2.51. The van der Waals surface area contributed by atoms with Crippen molar-refractivity contribution in [3.63, 3.8) is 0 Å². The summed E-state index contributed by atoms with van der Waals surface area (Å²) in [5.74, 6) is 0. The molecule has 0 spiro atoms. The quantitative estimate of drug-likeness (QED) is 0.467. The van der Waals surface area contributed by atoms with Crippen molar-refractivity contribution in [2.45, 2.75) is 37.8 Å². The van der Waals surface area contributed by atoms with E-state index in [1.54, 1.807) is 12.2 Å². The van der Waals surface area contributed by atoms with E-state index in [1.807, 2.05) is 35.2 Å². The van der Waals surface area contributed by atoms with Gasteiger partial charge in [-0.05, 0) is 36.3 Å². The molecule has 2 aromatic rings. The number of anilines is 1. The molecule has 2 aromatic carbocycles. The zero-order chi connectivity index (χ0) is 27.6. The first-order chi connectivity index (χ1) is 17.9. The molecule has 1 aliphatic heterocycles. The van der Waals surface area contributed by atoms with Crippen molar-refractivity contribution in [3.05, 3.63) is 88.9 Å². The molecular formula is C27H29F3N2O4S2. The number of sulfonamides is 1. The van der Waals surface area contributed by atoms with Crippen LogP contribution in [0.1, 0.15) is 24.5 Å². The maximum atomic E-state index is 13.4. The van der Waals surface area contributed by atoms with E-state index in [4.69, 9.17) is 17.0 Å². The third-order valence-electron chi connectivity index (χ3n) is 6.76. The lowest BCUT2D eigenvalue weighted by Gasteiger charge is -2.42. The Labute approximate surface area is 226 Å². The van der Waals surface area contributed by atoms with E-state index in [0.717, 1.165) is 5.56 Å². The van der Waals surface area contributed by atoms with E-state index >= 15 is 0 Å². The summed E-state index contributed by atoms with van der Waals surface area (Å²) >= 11 is 5.31. The van der Waals surface area contributed by atoms with Gasteiger partial charge in [-0.15, -0.1) is 0 Å². The normalized spacial score (nSPS) is 20.8. The summed E-state index contributed by atoms with van der Waals surface area (Å²) in [6.07, 6.45) is 0.555. The number of hydrogen-bond donors (Lipinski definition) is 1. The molecule has 4 rings (SSSR count). The number of hydrogen-bond acceptors (Lipinski definition) is 6. The topological polar surface area (TPSA) is 70.1 Å². The first-order valence-electron chi connectivity index (χ1n) is 12.1. The number of piperazine rings is 1. The van der Waals surface area contributed by atoms with Gasteiger partial charge in [0.1, 0.15) is 0 Å². The van der Waals surface area contributed by atoms with E-state index in [2.05, 4.69) is 0 Å². The molecule has 1 fully saturated rings. The fraction of sp³-hybridized carbons (Fsp3) is 0.370. The molecule has 0 unspecified atom stereocenters. The predicted molar refractivity (Wildman–Crippen MR) is 144 cm³/mol. The van der Waals surface area contributed by atoms with Crippen LogP contribution < -0.4 is 4.90 Å². The number of halogens is 3. The summed E-state index contributed by atoms with van der Waals surface area (Å²) in [5.41, 5.74) is -1.70. The highest BCUT2D eigenvalue weighted by molar-refractivity contribution is 7.96. The fourth-order valence-electron chi connectivity index (χ4n) is 4.45. The summed E-state index contributed by atoms with van der Waals surface area (Å²) in [7, 11) is -3.83. The minimum absolute atomic E-state index is 0.114. The Bertz CT molecular complexity index is 1310. The Balaban J connectivity index is 1.56. The second kappa shape index (κ2) is 11.3. The van der Waals surface area contributed by atoms with Crippen LogP contribution in [0, 0.1) is 0 Å². The maximum absolute atomic E-state index is 13.4. The van der Waals surface area contributed by atoms with Gasteiger partial charge in [0.15, 0.2) is 5.60 Å². The number of alkyl halides is 3. The third kappa shape index (κ3) is 6.02. The maximum Gasteiger partial charge on any atom is 0.421 e. The Morgan fingerprint density at radius 2 is 1.76 bits per heavy atom. The van der Waals surface area contributed by atoms with Crippen molar-refractivity contribution in [1.29, 1.82) is 0 Å². The van der Waals surface area contributed by atoms with Gasteiger partial charge in [0.05, 0.1) is 24.2 Å². The van der Waals surface area contributed by atoms with Crippen LogP contribution in [0.2, 0.25) is 0 Å². The van der Waals surface area contributed by atoms with Crippen molar-refractivity contribution in [2.75, 3.05) is 31.1 Å². The molecule has 1 heterocycles. The Hall–Kier alpha value is -2.57. The van der Waals surface area contributed by atoms with Crippen LogP contribution in [0.3, 0.4) is 0 Å². The van der Waals surface area contributed by atoms with E-state index in [9.17, 15) is 26.7 Å². The first-order valence-corrected chi connectivity index (χ1v) is 13.9. The largest absolute Gasteiger partial charge is 0.421 e. The van der Waals surface area contributed by atoms with Crippen LogP contribution in [0.15, 0.2) is 77.7 Å². The first kappa shape index (κ1) is 28.4. The van der Waals surface area contributed by atoms with Crippen molar-refractivity contribution in [3.8, 4) is 0 Å². The van der Waals surface area contributed by atoms with E-state index < -0.39 is 27.8 Å². The number of allylic oxidation sites excluding steroid dienone is 4.